The van der Waals surface area contributed by atoms with Gasteiger partial charge in [0.1, 0.15) is 32.3 Å². The van der Waals surface area contributed by atoms with Crippen molar-refractivity contribution in [2.45, 2.75) is 262 Å². The van der Waals surface area contributed by atoms with Crippen LogP contribution in [0.5, 0.6) is 0 Å². The molecule has 0 heterocycles. The fourth-order valence-corrected chi connectivity index (χ4v) is 47.2. The minimum atomic E-state index is -2.32. The number of hydrogen-bond acceptors (Lipinski definition) is 0. The summed E-state index contributed by atoms with van der Waals surface area (Å²) in [6, 6.07) is 73.4. The molecule has 0 N–H and O–H groups in total. The van der Waals surface area contributed by atoms with Gasteiger partial charge in [0, 0.05) is 45.9 Å². The Kier molecular flexibility index (Phi) is 24.8. The molecule has 0 saturated carbocycles. The van der Waals surface area contributed by atoms with Gasteiger partial charge in [0.15, 0.2) is 0 Å². The summed E-state index contributed by atoms with van der Waals surface area (Å²) in [5.74, 6) is 24.2. The molecule has 0 aliphatic heterocycles. The van der Waals surface area contributed by atoms with Crippen molar-refractivity contribution in [3.05, 3.63) is 212 Å². The van der Waals surface area contributed by atoms with Crippen molar-refractivity contribution < 1.29 is 0 Å². The molecule has 0 spiro atoms. The molecule has 16 rings (SSSR count). The molecular weight excluding hydrogens is 1410 g/mol. The van der Waals surface area contributed by atoms with Crippen LogP contribution in [0.4, 0.5) is 0 Å². The van der Waals surface area contributed by atoms with Gasteiger partial charge in [-0.1, -0.05) is 299 Å². The van der Waals surface area contributed by atoms with Crippen molar-refractivity contribution in [3.63, 3.8) is 0 Å². The summed E-state index contributed by atoms with van der Waals surface area (Å²) in [6.45, 7) is 59.3. The van der Waals surface area contributed by atoms with Gasteiger partial charge in [-0.25, -0.2) is 0 Å². The summed E-state index contributed by atoms with van der Waals surface area (Å²) in [5, 5.41) is 15.4. The maximum absolute atomic E-state index is 4.63. The molecule has 0 nitrogen and oxygen atoms in total. The van der Waals surface area contributed by atoms with E-state index >= 15 is 0 Å². The maximum atomic E-state index is 4.63. The van der Waals surface area contributed by atoms with Crippen LogP contribution in [-0.2, 0) is 0 Å². The quantitative estimate of drug-likeness (QED) is 0.0321. The summed E-state index contributed by atoms with van der Waals surface area (Å²) in [4.78, 5) is 0. The van der Waals surface area contributed by atoms with Crippen LogP contribution < -0.4 is 0 Å². The highest BCUT2D eigenvalue weighted by Gasteiger charge is 2.53. The predicted octanol–water partition coefficient (Wildman–Crippen LogP) is 30.7. The third-order valence-corrected chi connectivity index (χ3v) is 46.9. The molecule has 0 aromatic heterocycles. The van der Waals surface area contributed by atoms with Crippen LogP contribution in [0.2, 0.25) is 72.5 Å². The largest absolute Gasteiger partial charge is 0.139 e. The monoisotopic (exact) mass is 1540 g/mol. The number of rotatable bonds is 24. The van der Waals surface area contributed by atoms with E-state index in [4.69, 9.17) is 0 Å². The molecule has 4 heteroatoms. The Morgan fingerprint density at radius 1 is 0.205 bits per heavy atom. The standard InChI is InChI=1S/C108H136Si4/c1-69(2)57-109(58-70(3)4,59-71(5)6)45-41-87-93-49-81-33-25-26-34-82(81)50-94(93)88(42-46-110(60-72(7)8,61-73(9)10)62-74(11)12)98-56-102-101(55-97(87)98)103-89-39-31-32-40-90(89)104(102)108-100-54-86-38-30-29-37-85(86)53-99(100)107(103)105-91(43-47-111(63-75(13)14,64-76(15)16)65-77(17)18)95-51-83-35-27-28-36-84(83)52-96(95)92(106(105)108)44-48-112(66-78(19)20,67-79(21)22)68-80(23)24/h25-40,49-56,69-80,103-104,107-108H,57-68H2,1-24H3/t103-,104+,107+,108-. The minimum absolute atomic E-state index is 0.0894. The second-order valence-corrected chi connectivity index (χ2v) is 57.7. The number of hydrogen-bond donors (Lipinski definition) is 0. The molecule has 584 valence electrons. The Balaban J connectivity index is 1.29. The molecule has 4 atom stereocenters. The van der Waals surface area contributed by atoms with Gasteiger partial charge >= 0.3 is 0 Å². The smallest absolute Gasteiger partial charge is 0.126 e. The number of benzene rings is 10. The van der Waals surface area contributed by atoms with Crippen molar-refractivity contribution in [1.29, 1.82) is 0 Å². The maximum Gasteiger partial charge on any atom is 0.139 e. The van der Waals surface area contributed by atoms with E-state index in [0.29, 0.717) is 71.0 Å². The van der Waals surface area contributed by atoms with Crippen molar-refractivity contribution in [2.75, 3.05) is 0 Å². The average molecular weight is 1550 g/mol. The van der Waals surface area contributed by atoms with Gasteiger partial charge < -0.3 is 0 Å². The fourth-order valence-electron chi connectivity index (χ4n) is 23.6. The van der Waals surface area contributed by atoms with Crippen molar-refractivity contribution in [2.24, 2.45) is 71.0 Å². The van der Waals surface area contributed by atoms with E-state index in [1.807, 2.05) is 0 Å². The molecule has 0 amide bonds. The summed E-state index contributed by atoms with van der Waals surface area (Å²) in [7, 11) is -9.15. The molecule has 10 aromatic rings. The van der Waals surface area contributed by atoms with E-state index in [9.17, 15) is 0 Å². The van der Waals surface area contributed by atoms with Crippen molar-refractivity contribution in [1.82, 2.24) is 0 Å². The van der Waals surface area contributed by atoms with Crippen LogP contribution in [0.15, 0.2) is 146 Å². The second kappa shape index (κ2) is 33.6. The molecule has 112 heavy (non-hydrogen) atoms. The first-order valence-corrected chi connectivity index (χ1v) is 54.9. The lowest BCUT2D eigenvalue weighted by Crippen LogP contribution is -2.38. The van der Waals surface area contributed by atoms with E-state index < -0.39 is 32.3 Å². The fraction of sp³-hybridized carbons (Fsp3) is 0.481. The van der Waals surface area contributed by atoms with Crippen LogP contribution in [0.3, 0.4) is 0 Å². The molecular formula is C108H136Si4. The first-order valence-electron chi connectivity index (χ1n) is 44.4. The SMILES string of the molecule is CC(C)C[Si](C#Cc1c2c(c(C#C[Si](CC(C)C)(CC(C)C)CC(C)C)c3cc4ccccc4cc13)[C@@H]1c3cc4ccccc4cc3[C@H]2[C@@H]2c3ccccc3[C@H]1c1cc3c(C#C[Si](CC(C)C)(CC(C)C)CC(C)C)c4cc5ccccc5cc4c(C#C[Si](CC(C)C)(CC(C)C)CC(C)C)c3cc12)(CC(C)C)CC(C)C. The van der Waals surface area contributed by atoms with E-state index in [2.05, 4.69) is 358 Å². The zero-order valence-electron chi connectivity index (χ0n) is 73.6. The third kappa shape index (κ3) is 17.2. The van der Waals surface area contributed by atoms with E-state index in [1.54, 1.807) is 0 Å². The van der Waals surface area contributed by atoms with E-state index in [-0.39, 0.29) is 23.7 Å². The van der Waals surface area contributed by atoms with Gasteiger partial charge in [-0.2, -0.15) is 0 Å². The molecule has 6 aliphatic rings. The third-order valence-electron chi connectivity index (χ3n) is 25.1. The van der Waals surface area contributed by atoms with Crippen LogP contribution >= 0.6 is 0 Å². The topological polar surface area (TPSA) is 0 Å². The van der Waals surface area contributed by atoms with Gasteiger partial charge in [0.05, 0.1) is 0 Å². The highest BCUT2D eigenvalue weighted by molar-refractivity contribution is 6.89. The Bertz CT molecular complexity index is 5000. The van der Waals surface area contributed by atoms with Gasteiger partial charge in [-0.3, -0.25) is 0 Å². The Labute approximate surface area is 683 Å². The van der Waals surface area contributed by atoms with Crippen LogP contribution in [-0.4, -0.2) is 32.3 Å². The number of fused-ring (bicyclic) bond motifs is 6. The summed E-state index contributed by atoms with van der Waals surface area (Å²) < 4.78 is 0. The molecule has 0 radical (unpaired) electrons. The van der Waals surface area contributed by atoms with Crippen molar-refractivity contribution >= 4 is 96.9 Å². The Morgan fingerprint density at radius 2 is 0.384 bits per heavy atom. The summed E-state index contributed by atoms with van der Waals surface area (Å²) in [6.07, 6.45) is 0. The lowest BCUT2D eigenvalue weighted by atomic mass is 9.51. The van der Waals surface area contributed by atoms with Gasteiger partial charge in [-0.15, -0.1) is 22.2 Å². The first-order chi connectivity index (χ1) is 53.2. The summed E-state index contributed by atoms with van der Waals surface area (Å²) >= 11 is 0. The Hall–Kier alpha value is -7.13. The zero-order valence-corrected chi connectivity index (χ0v) is 77.6. The average Bonchev–Trinajstić information content (AvgIpc) is 0.668. The zero-order chi connectivity index (χ0) is 80.2. The normalized spacial score (nSPS) is 16.2. The summed E-state index contributed by atoms with van der Waals surface area (Å²) in [5.41, 5.74) is 35.0. The van der Waals surface area contributed by atoms with E-state index in [1.165, 1.54) is 204 Å². The van der Waals surface area contributed by atoms with Crippen LogP contribution in [0.1, 0.15) is 257 Å². The Morgan fingerprint density at radius 3 is 0.607 bits per heavy atom. The molecule has 0 saturated heterocycles. The lowest BCUT2D eigenvalue weighted by molar-refractivity contribution is 0.530. The van der Waals surface area contributed by atoms with Gasteiger partial charge in [-0.05, 0) is 289 Å². The van der Waals surface area contributed by atoms with Crippen LogP contribution in [0, 0.1) is 117 Å². The highest BCUT2D eigenvalue weighted by atomic mass is 28.3. The second-order valence-electron chi connectivity index (χ2n) is 41.5. The lowest BCUT2D eigenvalue weighted by Gasteiger charge is -2.51. The van der Waals surface area contributed by atoms with Gasteiger partial charge in [0.2, 0.25) is 0 Å². The van der Waals surface area contributed by atoms with Gasteiger partial charge in [0.25, 0.3) is 0 Å². The predicted molar refractivity (Wildman–Crippen MR) is 504 cm³/mol. The molecule has 10 aromatic carbocycles. The first kappa shape index (κ1) is 82.8. The van der Waals surface area contributed by atoms with E-state index in [0.717, 1.165) is 0 Å². The highest BCUT2D eigenvalue weighted by Crippen LogP contribution is 2.67. The minimum Gasteiger partial charge on any atom is -0.126 e. The molecule has 4 bridgehead atoms. The molecule has 0 unspecified atom stereocenters. The molecule has 0 fully saturated rings. The molecule has 6 aliphatic carbocycles. The van der Waals surface area contributed by atoms with Crippen LogP contribution in [0.25, 0.3) is 64.6 Å². The van der Waals surface area contributed by atoms with Crippen molar-refractivity contribution in [3.8, 4) is 45.9 Å².